The van der Waals surface area contributed by atoms with Crippen molar-refractivity contribution in [3.05, 3.63) is 17.5 Å². The predicted octanol–water partition coefficient (Wildman–Crippen LogP) is 1.17. The van der Waals surface area contributed by atoms with E-state index in [0.29, 0.717) is 6.04 Å². The summed E-state index contributed by atoms with van der Waals surface area (Å²) in [6, 6.07) is 0.610. The van der Waals surface area contributed by atoms with Crippen LogP contribution in [0, 0.1) is 12.3 Å². The van der Waals surface area contributed by atoms with Crippen LogP contribution in [-0.2, 0) is 20.0 Å². The van der Waals surface area contributed by atoms with E-state index in [2.05, 4.69) is 34.4 Å². The Morgan fingerprint density at radius 2 is 2.21 bits per heavy atom. The third kappa shape index (κ3) is 3.82. The molecule has 1 fully saturated rings. The van der Waals surface area contributed by atoms with Gasteiger partial charge in [-0.15, -0.1) is 6.42 Å². The number of likely N-dealkylation sites (tertiary alicyclic amines) is 1. The Morgan fingerprint density at radius 3 is 2.84 bits per heavy atom. The summed E-state index contributed by atoms with van der Waals surface area (Å²) in [5.41, 5.74) is 2.54. The second-order valence-corrected chi connectivity index (χ2v) is 5.26. The lowest BCUT2D eigenvalue weighted by Gasteiger charge is -2.31. The van der Waals surface area contributed by atoms with E-state index in [1.165, 1.54) is 24.1 Å². The highest BCUT2D eigenvalue weighted by atomic mass is 15.3. The fourth-order valence-electron chi connectivity index (χ4n) is 2.71. The molecule has 0 unspecified atom stereocenters. The molecule has 0 aromatic carbocycles. The minimum Gasteiger partial charge on any atom is -0.310 e. The Hall–Kier alpha value is -1.31. The largest absolute Gasteiger partial charge is 0.310 e. The highest BCUT2D eigenvalue weighted by molar-refractivity contribution is 5.16. The second-order valence-electron chi connectivity index (χ2n) is 5.26. The first kappa shape index (κ1) is 14.1. The molecule has 1 aliphatic rings. The molecule has 104 valence electrons. The molecule has 2 heterocycles. The van der Waals surface area contributed by atoms with Gasteiger partial charge in [-0.05, 0) is 19.3 Å². The number of hydrogen-bond donors (Lipinski definition) is 1. The van der Waals surface area contributed by atoms with E-state index in [-0.39, 0.29) is 0 Å². The van der Waals surface area contributed by atoms with E-state index < -0.39 is 0 Å². The van der Waals surface area contributed by atoms with E-state index in [4.69, 9.17) is 6.42 Å². The third-order valence-corrected chi connectivity index (χ3v) is 3.81. The van der Waals surface area contributed by atoms with Gasteiger partial charge in [-0.25, -0.2) is 0 Å². The average Bonchev–Trinajstić information content (AvgIpc) is 2.79. The first-order valence-corrected chi connectivity index (χ1v) is 7.13. The predicted molar refractivity (Wildman–Crippen MR) is 77.7 cm³/mol. The van der Waals surface area contributed by atoms with E-state index in [9.17, 15) is 0 Å². The molecule has 1 aliphatic heterocycles. The van der Waals surface area contributed by atoms with Crippen molar-refractivity contribution in [2.45, 2.75) is 38.8 Å². The Morgan fingerprint density at radius 1 is 1.47 bits per heavy atom. The van der Waals surface area contributed by atoms with Crippen LogP contribution in [0.4, 0.5) is 0 Å². The summed E-state index contributed by atoms with van der Waals surface area (Å²) >= 11 is 0. The summed E-state index contributed by atoms with van der Waals surface area (Å²) in [5.74, 6) is 2.72. The molecule has 1 aromatic heterocycles. The molecule has 0 radical (unpaired) electrons. The fraction of sp³-hybridized carbons (Fsp3) is 0.667. The Labute approximate surface area is 116 Å². The number of nitrogens with zero attached hydrogens (tertiary/aromatic N) is 3. The maximum atomic E-state index is 5.35. The Balaban J connectivity index is 1.79. The van der Waals surface area contributed by atoms with Gasteiger partial charge in [0.25, 0.3) is 0 Å². The maximum absolute atomic E-state index is 5.35. The first-order valence-electron chi connectivity index (χ1n) is 7.13. The monoisotopic (exact) mass is 260 g/mol. The lowest BCUT2D eigenvalue weighted by atomic mass is 10.0. The molecule has 4 heteroatoms. The molecular weight excluding hydrogens is 236 g/mol. The van der Waals surface area contributed by atoms with Crippen LogP contribution in [0.1, 0.15) is 31.0 Å². The van der Waals surface area contributed by atoms with E-state index in [1.54, 1.807) is 0 Å². The van der Waals surface area contributed by atoms with Gasteiger partial charge in [-0.2, -0.15) is 5.10 Å². The molecule has 0 atom stereocenters. The molecule has 0 spiro atoms. The molecule has 0 amide bonds. The highest BCUT2D eigenvalue weighted by Gasteiger charge is 2.18. The normalized spacial score (nSPS) is 17.5. The van der Waals surface area contributed by atoms with Gasteiger partial charge in [0, 0.05) is 44.5 Å². The smallest absolute Gasteiger partial charge is 0.0666 e. The van der Waals surface area contributed by atoms with Crippen LogP contribution in [0.25, 0.3) is 0 Å². The van der Waals surface area contributed by atoms with Crippen LogP contribution in [0.5, 0.6) is 0 Å². The lowest BCUT2D eigenvalue weighted by molar-refractivity contribution is 0.217. The quantitative estimate of drug-likeness (QED) is 0.807. The van der Waals surface area contributed by atoms with Crippen molar-refractivity contribution in [3.8, 4) is 12.3 Å². The van der Waals surface area contributed by atoms with Gasteiger partial charge in [0.15, 0.2) is 0 Å². The van der Waals surface area contributed by atoms with E-state index in [0.717, 1.165) is 32.6 Å². The zero-order valence-electron chi connectivity index (χ0n) is 12.0. The van der Waals surface area contributed by atoms with E-state index in [1.807, 2.05) is 11.7 Å². The summed E-state index contributed by atoms with van der Waals surface area (Å²) in [5, 5.41) is 8.13. The van der Waals surface area contributed by atoms with Gasteiger partial charge in [0.1, 0.15) is 0 Å². The fourth-order valence-corrected chi connectivity index (χ4v) is 2.71. The van der Waals surface area contributed by atoms with Crippen molar-refractivity contribution in [1.29, 1.82) is 0 Å². The van der Waals surface area contributed by atoms with Crippen molar-refractivity contribution in [2.75, 3.05) is 19.6 Å². The zero-order valence-corrected chi connectivity index (χ0v) is 12.0. The number of rotatable bonds is 5. The summed E-state index contributed by atoms with van der Waals surface area (Å²) < 4.78 is 1.91. The van der Waals surface area contributed by atoms with Crippen LogP contribution in [-0.4, -0.2) is 40.4 Å². The van der Waals surface area contributed by atoms with Gasteiger partial charge in [0.2, 0.25) is 0 Å². The highest BCUT2D eigenvalue weighted by Crippen LogP contribution is 2.12. The van der Waals surface area contributed by atoms with Crippen LogP contribution in [0.2, 0.25) is 0 Å². The van der Waals surface area contributed by atoms with Gasteiger partial charge in [-0.1, -0.05) is 12.8 Å². The van der Waals surface area contributed by atoms with Crippen LogP contribution < -0.4 is 5.32 Å². The van der Waals surface area contributed by atoms with Gasteiger partial charge in [0.05, 0.1) is 12.2 Å². The van der Waals surface area contributed by atoms with Crippen LogP contribution in [0.3, 0.4) is 0 Å². The SMILES string of the molecule is C#CCN1CCC(NCc2cn(C)nc2CC)CC1. The Bertz CT molecular complexity index is 435. The summed E-state index contributed by atoms with van der Waals surface area (Å²) in [6.45, 7) is 6.08. The molecule has 4 nitrogen and oxygen atoms in total. The van der Waals surface area contributed by atoms with Gasteiger partial charge in [-0.3, -0.25) is 9.58 Å². The van der Waals surface area contributed by atoms with Gasteiger partial charge >= 0.3 is 0 Å². The van der Waals surface area contributed by atoms with Crippen molar-refractivity contribution < 1.29 is 0 Å². The molecule has 1 saturated heterocycles. The van der Waals surface area contributed by atoms with Crippen molar-refractivity contribution in [1.82, 2.24) is 20.0 Å². The molecular formula is C15H24N4. The number of nitrogens with one attached hydrogen (secondary N) is 1. The molecule has 0 saturated carbocycles. The van der Waals surface area contributed by atoms with Gasteiger partial charge < -0.3 is 5.32 Å². The van der Waals surface area contributed by atoms with Crippen LogP contribution in [0.15, 0.2) is 6.20 Å². The summed E-state index contributed by atoms with van der Waals surface area (Å²) in [6.07, 6.45) is 10.8. The number of piperidine rings is 1. The third-order valence-electron chi connectivity index (χ3n) is 3.81. The topological polar surface area (TPSA) is 33.1 Å². The average molecular weight is 260 g/mol. The maximum Gasteiger partial charge on any atom is 0.0666 e. The molecule has 2 rings (SSSR count). The van der Waals surface area contributed by atoms with E-state index >= 15 is 0 Å². The van der Waals surface area contributed by atoms with Crippen molar-refractivity contribution in [3.63, 3.8) is 0 Å². The zero-order chi connectivity index (χ0) is 13.7. The minimum absolute atomic E-state index is 0.610. The van der Waals surface area contributed by atoms with Crippen LogP contribution >= 0.6 is 0 Å². The lowest BCUT2D eigenvalue weighted by Crippen LogP contribution is -2.42. The first-order chi connectivity index (χ1) is 9.22. The van der Waals surface area contributed by atoms with Crippen molar-refractivity contribution in [2.24, 2.45) is 7.05 Å². The molecule has 0 aliphatic carbocycles. The molecule has 19 heavy (non-hydrogen) atoms. The standard InChI is InChI=1S/C15H24N4/c1-4-8-19-9-6-14(7-10-19)16-11-13-12-18(3)17-15(13)5-2/h1,12,14,16H,5-11H2,2-3H3. The minimum atomic E-state index is 0.610. The molecule has 1 aromatic rings. The Kier molecular flexibility index (Phi) is 5.00. The summed E-state index contributed by atoms with van der Waals surface area (Å²) in [7, 11) is 1.99. The number of hydrogen-bond acceptors (Lipinski definition) is 3. The number of terminal acetylenes is 1. The second kappa shape index (κ2) is 6.74. The molecule has 1 N–H and O–H groups in total. The summed E-state index contributed by atoms with van der Waals surface area (Å²) in [4.78, 5) is 2.35. The number of aromatic nitrogens is 2. The number of aryl methyl sites for hydroxylation is 2. The van der Waals surface area contributed by atoms with Crippen molar-refractivity contribution >= 4 is 0 Å². The molecule has 0 bridgehead atoms.